The summed E-state index contributed by atoms with van der Waals surface area (Å²) in [6.45, 7) is 4.70. The van der Waals surface area contributed by atoms with Crippen LogP contribution in [-0.2, 0) is 5.41 Å². The van der Waals surface area contributed by atoms with Crippen molar-refractivity contribution in [3.8, 4) is 55.6 Å². The summed E-state index contributed by atoms with van der Waals surface area (Å²) in [5.41, 5.74) is 15.6. The summed E-state index contributed by atoms with van der Waals surface area (Å²) in [5.74, 6) is 0. The van der Waals surface area contributed by atoms with Crippen molar-refractivity contribution in [1.82, 2.24) is 0 Å². The average molecular weight is 599 g/mol. The molecule has 0 radical (unpaired) electrons. The Kier molecular flexibility index (Phi) is 6.27. The van der Waals surface area contributed by atoms with Crippen LogP contribution in [0.3, 0.4) is 0 Å². The van der Waals surface area contributed by atoms with Gasteiger partial charge in [0, 0.05) is 5.41 Å². The molecule has 0 nitrogen and oxygen atoms in total. The molecular weight excluding hydrogens is 565 g/mol. The summed E-state index contributed by atoms with van der Waals surface area (Å²) >= 11 is 0. The second-order valence-corrected chi connectivity index (χ2v) is 13.3. The fourth-order valence-corrected chi connectivity index (χ4v) is 7.95. The lowest BCUT2D eigenvalue weighted by atomic mass is 9.81. The minimum Gasteiger partial charge on any atom is -0.0622 e. The van der Waals surface area contributed by atoms with Crippen LogP contribution < -0.4 is 0 Å². The van der Waals surface area contributed by atoms with Gasteiger partial charge < -0.3 is 0 Å². The van der Waals surface area contributed by atoms with E-state index in [1.54, 1.807) is 0 Å². The van der Waals surface area contributed by atoms with E-state index in [4.69, 9.17) is 0 Å². The number of rotatable bonds is 4. The molecule has 0 heterocycles. The Hall–Kier alpha value is -5.72. The smallest absolute Gasteiger partial charge is 0.0159 e. The fourth-order valence-electron chi connectivity index (χ4n) is 7.95. The Morgan fingerprint density at radius 2 is 0.745 bits per heavy atom. The third-order valence-corrected chi connectivity index (χ3v) is 10.3. The molecule has 0 heteroatoms. The van der Waals surface area contributed by atoms with Crippen molar-refractivity contribution in [2.45, 2.75) is 19.3 Å². The molecule has 1 aliphatic carbocycles. The first-order valence-corrected chi connectivity index (χ1v) is 16.5. The number of benzene rings is 8. The Balaban J connectivity index is 1.18. The maximum absolute atomic E-state index is 2.41. The third kappa shape index (κ3) is 4.37. The molecule has 0 fully saturated rings. The molecule has 0 amide bonds. The maximum atomic E-state index is 2.41. The van der Waals surface area contributed by atoms with Crippen molar-refractivity contribution in [2.24, 2.45) is 0 Å². The van der Waals surface area contributed by atoms with Gasteiger partial charge in [0.25, 0.3) is 0 Å². The molecule has 8 aromatic rings. The van der Waals surface area contributed by atoms with Crippen molar-refractivity contribution in [3.05, 3.63) is 181 Å². The summed E-state index contributed by atoms with van der Waals surface area (Å²) in [7, 11) is 0. The standard InChI is InChI=1S/C47H34/c1-47(2)43-22-11-10-17-37(43)38-28-27-35(30-44(38)47)32-23-25-33(26-24-32)45-39-18-6-8-20-41(39)46(42-21-9-7-19-40(42)45)36-16-12-15-34(29-36)31-13-4-3-5-14-31/h3-30H,1-2H3. The highest BCUT2D eigenvalue weighted by Crippen LogP contribution is 2.50. The Labute approximate surface area is 276 Å². The summed E-state index contributed by atoms with van der Waals surface area (Å²) < 4.78 is 0. The summed E-state index contributed by atoms with van der Waals surface area (Å²) in [5, 5.41) is 5.10. The van der Waals surface area contributed by atoms with Crippen LogP contribution in [0.1, 0.15) is 25.0 Å². The van der Waals surface area contributed by atoms with E-state index in [0.717, 1.165) is 0 Å². The highest BCUT2D eigenvalue weighted by Gasteiger charge is 2.35. The Morgan fingerprint density at radius 3 is 1.43 bits per heavy atom. The zero-order chi connectivity index (χ0) is 31.5. The first-order valence-electron chi connectivity index (χ1n) is 16.5. The van der Waals surface area contributed by atoms with Crippen LogP contribution >= 0.6 is 0 Å². The van der Waals surface area contributed by atoms with Gasteiger partial charge in [0.1, 0.15) is 0 Å². The first-order chi connectivity index (χ1) is 23.1. The molecule has 47 heavy (non-hydrogen) atoms. The molecule has 9 rings (SSSR count). The predicted molar refractivity (Wildman–Crippen MR) is 201 cm³/mol. The lowest BCUT2D eigenvalue weighted by molar-refractivity contribution is 0.660. The van der Waals surface area contributed by atoms with Gasteiger partial charge in [0.05, 0.1) is 0 Å². The van der Waals surface area contributed by atoms with E-state index in [9.17, 15) is 0 Å². The first kappa shape index (κ1) is 27.6. The minimum absolute atomic E-state index is 0.0118. The van der Waals surface area contributed by atoms with Crippen molar-refractivity contribution in [1.29, 1.82) is 0 Å². The lowest BCUT2D eigenvalue weighted by Crippen LogP contribution is -2.14. The van der Waals surface area contributed by atoms with Crippen molar-refractivity contribution < 1.29 is 0 Å². The monoisotopic (exact) mass is 598 g/mol. The maximum Gasteiger partial charge on any atom is 0.0159 e. The molecule has 0 N–H and O–H groups in total. The second-order valence-electron chi connectivity index (χ2n) is 13.3. The molecule has 0 bridgehead atoms. The minimum atomic E-state index is -0.0118. The van der Waals surface area contributed by atoms with Crippen molar-refractivity contribution in [2.75, 3.05) is 0 Å². The van der Waals surface area contributed by atoms with Gasteiger partial charge in [-0.3, -0.25) is 0 Å². The third-order valence-electron chi connectivity index (χ3n) is 10.3. The van der Waals surface area contributed by atoms with Crippen LogP contribution in [0.15, 0.2) is 170 Å². The SMILES string of the molecule is CC1(C)c2ccccc2-c2ccc(-c3ccc(-c4c5ccccc5c(-c5cccc(-c6ccccc6)c5)c5ccccc45)cc3)cc21. The van der Waals surface area contributed by atoms with Crippen LogP contribution in [0.4, 0.5) is 0 Å². The highest BCUT2D eigenvalue weighted by molar-refractivity contribution is 6.21. The van der Waals surface area contributed by atoms with Gasteiger partial charge in [-0.25, -0.2) is 0 Å². The normalized spacial score (nSPS) is 13.1. The van der Waals surface area contributed by atoms with Crippen LogP contribution in [0.2, 0.25) is 0 Å². The van der Waals surface area contributed by atoms with E-state index in [2.05, 4.69) is 184 Å². The zero-order valence-corrected chi connectivity index (χ0v) is 26.7. The van der Waals surface area contributed by atoms with Gasteiger partial charge in [-0.1, -0.05) is 172 Å². The summed E-state index contributed by atoms with van der Waals surface area (Å²) in [6, 6.07) is 62.6. The lowest BCUT2D eigenvalue weighted by Gasteiger charge is -2.22. The molecule has 1 aliphatic rings. The largest absolute Gasteiger partial charge is 0.0622 e. The van der Waals surface area contributed by atoms with Gasteiger partial charge in [0.2, 0.25) is 0 Å². The van der Waals surface area contributed by atoms with E-state index in [0.29, 0.717) is 0 Å². The molecule has 8 aromatic carbocycles. The van der Waals surface area contributed by atoms with Gasteiger partial charge in [-0.05, 0) is 100 Å². The van der Waals surface area contributed by atoms with Crippen molar-refractivity contribution in [3.63, 3.8) is 0 Å². The average Bonchev–Trinajstić information content (AvgIpc) is 3.36. The highest BCUT2D eigenvalue weighted by atomic mass is 14.4. The summed E-state index contributed by atoms with van der Waals surface area (Å²) in [4.78, 5) is 0. The van der Waals surface area contributed by atoms with Crippen LogP contribution in [0, 0.1) is 0 Å². The quantitative estimate of drug-likeness (QED) is 0.177. The van der Waals surface area contributed by atoms with Crippen LogP contribution in [0.5, 0.6) is 0 Å². The summed E-state index contributed by atoms with van der Waals surface area (Å²) in [6.07, 6.45) is 0. The molecule has 0 atom stereocenters. The molecule has 0 saturated carbocycles. The van der Waals surface area contributed by atoms with Gasteiger partial charge in [0.15, 0.2) is 0 Å². The van der Waals surface area contributed by atoms with E-state index >= 15 is 0 Å². The Morgan fingerprint density at radius 1 is 0.298 bits per heavy atom. The van der Waals surface area contributed by atoms with Crippen LogP contribution in [0.25, 0.3) is 77.2 Å². The van der Waals surface area contributed by atoms with E-state index < -0.39 is 0 Å². The molecule has 222 valence electrons. The molecule has 0 aliphatic heterocycles. The van der Waals surface area contributed by atoms with E-state index in [-0.39, 0.29) is 5.41 Å². The molecule has 0 aromatic heterocycles. The molecular formula is C47H34. The number of fused-ring (bicyclic) bond motifs is 5. The van der Waals surface area contributed by atoms with Crippen molar-refractivity contribution >= 4 is 21.5 Å². The van der Waals surface area contributed by atoms with E-state index in [1.807, 2.05) is 0 Å². The van der Waals surface area contributed by atoms with Gasteiger partial charge in [-0.15, -0.1) is 0 Å². The topological polar surface area (TPSA) is 0 Å². The molecule has 0 unspecified atom stereocenters. The number of hydrogen-bond acceptors (Lipinski definition) is 0. The number of hydrogen-bond donors (Lipinski definition) is 0. The molecule has 0 spiro atoms. The van der Waals surface area contributed by atoms with E-state index in [1.165, 1.54) is 88.3 Å². The van der Waals surface area contributed by atoms with Gasteiger partial charge in [-0.2, -0.15) is 0 Å². The predicted octanol–water partition coefficient (Wildman–Crippen LogP) is 13.0. The van der Waals surface area contributed by atoms with Gasteiger partial charge >= 0.3 is 0 Å². The van der Waals surface area contributed by atoms with Crippen LogP contribution in [-0.4, -0.2) is 0 Å². The Bertz CT molecular complexity index is 2400. The zero-order valence-electron chi connectivity index (χ0n) is 26.7. The fraction of sp³-hybridized carbons (Fsp3) is 0.0638. The second kappa shape index (κ2) is 10.7. The molecule has 0 saturated heterocycles.